The van der Waals surface area contributed by atoms with Crippen LogP contribution in [0.15, 0.2) is 206 Å². The van der Waals surface area contributed by atoms with Crippen molar-refractivity contribution in [3.05, 3.63) is 206 Å². The number of thiophene rings is 1. The van der Waals surface area contributed by atoms with Gasteiger partial charge in [-0.3, -0.25) is 0 Å². The first-order valence-corrected chi connectivity index (χ1v) is 19.9. The van der Waals surface area contributed by atoms with Gasteiger partial charge in [0, 0.05) is 44.3 Å². The van der Waals surface area contributed by atoms with Gasteiger partial charge in [-0.05, 0) is 101 Å². The zero-order valence-electron chi connectivity index (χ0n) is 30.7. The van der Waals surface area contributed by atoms with Gasteiger partial charge in [-0.15, -0.1) is 11.3 Å². The van der Waals surface area contributed by atoms with E-state index in [1.165, 1.54) is 36.5 Å². The third kappa shape index (κ3) is 5.76. The molecule has 270 valence electrons. The summed E-state index contributed by atoms with van der Waals surface area (Å²) in [5, 5.41) is 5.04. The summed E-state index contributed by atoms with van der Waals surface area (Å²) in [6.45, 7) is 0. The average molecular weight is 751 g/mol. The minimum atomic E-state index is 0.683. The van der Waals surface area contributed by atoms with E-state index in [1.807, 2.05) is 47.7 Å². The Hall–Kier alpha value is -7.34. The molecule has 5 heteroatoms. The van der Waals surface area contributed by atoms with Gasteiger partial charge in [0.2, 0.25) is 0 Å². The fourth-order valence-electron chi connectivity index (χ4n) is 8.06. The Labute approximate surface area is 334 Å². The molecular formula is C52H34N2O2S. The number of fused-ring (bicyclic) bond motifs is 7. The molecule has 0 unspecified atom stereocenters. The van der Waals surface area contributed by atoms with Crippen LogP contribution in [-0.4, -0.2) is 0 Å². The van der Waals surface area contributed by atoms with Crippen molar-refractivity contribution in [1.82, 2.24) is 0 Å². The minimum absolute atomic E-state index is 0.683. The van der Waals surface area contributed by atoms with Crippen molar-refractivity contribution < 1.29 is 9.47 Å². The molecule has 0 saturated heterocycles. The van der Waals surface area contributed by atoms with Gasteiger partial charge in [-0.25, -0.2) is 0 Å². The summed E-state index contributed by atoms with van der Waals surface area (Å²) in [5.74, 6) is 2.81. The molecular weight excluding hydrogens is 717 g/mol. The van der Waals surface area contributed by atoms with Crippen LogP contribution in [0.5, 0.6) is 23.0 Å². The van der Waals surface area contributed by atoms with E-state index in [1.54, 1.807) is 0 Å². The third-order valence-corrected chi connectivity index (χ3v) is 11.9. The van der Waals surface area contributed by atoms with Gasteiger partial charge in [0.15, 0.2) is 23.0 Å². The van der Waals surface area contributed by atoms with Crippen LogP contribution >= 0.6 is 11.3 Å². The molecule has 0 fully saturated rings. The van der Waals surface area contributed by atoms with Crippen molar-refractivity contribution in [2.45, 2.75) is 0 Å². The van der Waals surface area contributed by atoms with Gasteiger partial charge < -0.3 is 19.3 Å². The van der Waals surface area contributed by atoms with Gasteiger partial charge in [0.05, 0.1) is 16.1 Å². The number of hydrogen-bond acceptors (Lipinski definition) is 5. The Morgan fingerprint density at radius 3 is 1.58 bits per heavy atom. The first-order valence-electron chi connectivity index (χ1n) is 19.1. The summed E-state index contributed by atoms with van der Waals surface area (Å²) < 4.78 is 15.1. The molecule has 1 aliphatic heterocycles. The quantitative estimate of drug-likeness (QED) is 0.162. The molecule has 0 amide bonds. The molecule has 9 aromatic carbocycles. The topological polar surface area (TPSA) is 24.9 Å². The number of benzene rings is 9. The number of nitrogens with zero attached hydrogens (tertiary/aromatic N) is 2. The smallest absolute Gasteiger partial charge is 0.172 e. The minimum Gasteiger partial charge on any atom is -0.450 e. The molecule has 57 heavy (non-hydrogen) atoms. The lowest BCUT2D eigenvalue weighted by Gasteiger charge is -2.28. The lowest BCUT2D eigenvalue weighted by Crippen LogP contribution is -2.10. The molecule has 4 nitrogen and oxygen atoms in total. The maximum atomic E-state index is 6.34. The highest BCUT2D eigenvalue weighted by atomic mass is 32.1. The summed E-state index contributed by atoms with van der Waals surface area (Å²) in [7, 11) is 0. The Morgan fingerprint density at radius 1 is 0.351 bits per heavy atom. The summed E-state index contributed by atoms with van der Waals surface area (Å²) in [6.07, 6.45) is 0. The number of para-hydroxylation sites is 5. The summed E-state index contributed by atoms with van der Waals surface area (Å²) in [6, 6.07) is 72.6. The lowest BCUT2D eigenvalue weighted by molar-refractivity contribution is 0.360. The van der Waals surface area contributed by atoms with Crippen LogP contribution in [0.3, 0.4) is 0 Å². The van der Waals surface area contributed by atoms with Crippen molar-refractivity contribution in [3.63, 3.8) is 0 Å². The summed E-state index contributed by atoms with van der Waals surface area (Å²) in [5.41, 5.74) is 8.81. The van der Waals surface area contributed by atoms with Crippen molar-refractivity contribution in [1.29, 1.82) is 0 Å². The van der Waals surface area contributed by atoms with Gasteiger partial charge in [-0.1, -0.05) is 121 Å². The van der Waals surface area contributed by atoms with E-state index in [0.717, 1.165) is 45.4 Å². The molecule has 0 radical (unpaired) electrons. The Bertz CT molecular complexity index is 3030. The molecule has 11 rings (SSSR count). The zero-order chi connectivity index (χ0) is 37.7. The number of ether oxygens (including phenoxy) is 2. The molecule has 0 bridgehead atoms. The van der Waals surface area contributed by atoms with E-state index in [9.17, 15) is 0 Å². The predicted molar refractivity (Wildman–Crippen MR) is 238 cm³/mol. The summed E-state index contributed by atoms with van der Waals surface area (Å²) >= 11 is 1.88. The molecule has 10 aromatic rings. The standard InChI is InChI=1S/C52H34N2O2S/c1-4-15-37(16-5-1)53(41-29-33-48-49(34-41)56-47-23-13-12-22-46(47)55-48)40-27-24-36(25-28-40)42-31-32-45(54(38-17-6-2-7-18-38)39-19-8-3-9-20-39)52-50(42)44-30-26-35-14-10-11-21-43(35)51(44)57-52/h1-34H. The highest BCUT2D eigenvalue weighted by Gasteiger charge is 2.24. The first-order chi connectivity index (χ1) is 28.3. The van der Waals surface area contributed by atoms with E-state index in [4.69, 9.17) is 9.47 Å². The van der Waals surface area contributed by atoms with Crippen LogP contribution in [-0.2, 0) is 0 Å². The van der Waals surface area contributed by atoms with E-state index < -0.39 is 0 Å². The maximum absolute atomic E-state index is 6.34. The van der Waals surface area contributed by atoms with E-state index in [-0.39, 0.29) is 0 Å². The van der Waals surface area contributed by atoms with Crippen LogP contribution < -0.4 is 19.3 Å². The molecule has 0 atom stereocenters. The second kappa shape index (κ2) is 13.7. The highest BCUT2D eigenvalue weighted by molar-refractivity contribution is 7.27. The van der Waals surface area contributed by atoms with Crippen LogP contribution in [0.2, 0.25) is 0 Å². The molecule has 0 aliphatic carbocycles. The summed E-state index contributed by atoms with van der Waals surface area (Å²) in [4.78, 5) is 4.65. The van der Waals surface area contributed by atoms with Gasteiger partial charge in [0.25, 0.3) is 0 Å². The van der Waals surface area contributed by atoms with E-state index in [0.29, 0.717) is 17.2 Å². The molecule has 0 saturated carbocycles. The fraction of sp³-hybridized carbons (Fsp3) is 0. The molecule has 1 aliphatic rings. The van der Waals surface area contributed by atoms with Gasteiger partial charge in [-0.2, -0.15) is 0 Å². The molecule has 2 heterocycles. The van der Waals surface area contributed by atoms with Gasteiger partial charge in [0.1, 0.15) is 0 Å². The van der Waals surface area contributed by atoms with Gasteiger partial charge >= 0.3 is 0 Å². The van der Waals surface area contributed by atoms with E-state index in [2.05, 4.69) is 180 Å². The maximum Gasteiger partial charge on any atom is 0.172 e. The van der Waals surface area contributed by atoms with Crippen molar-refractivity contribution >= 4 is 76.4 Å². The largest absolute Gasteiger partial charge is 0.450 e. The molecule has 0 spiro atoms. The van der Waals surface area contributed by atoms with E-state index >= 15 is 0 Å². The normalized spacial score (nSPS) is 11.8. The number of anilines is 6. The Balaban J connectivity index is 1.07. The van der Waals surface area contributed by atoms with Crippen molar-refractivity contribution in [2.24, 2.45) is 0 Å². The Kier molecular flexibility index (Phi) is 7.97. The average Bonchev–Trinajstić information content (AvgIpc) is 3.68. The lowest BCUT2D eigenvalue weighted by atomic mass is 9.96. The third-order valence-electron chi connectivity index (χ3n) is 10.7. The van der Waals surface area contributed by atoms with Crippen LogP contribution in [0, 0.1) is 0 Å². The second-order valence-corrected chi connectivity index (χ2v) is 15.1. The zero-order valence-corrected chi connectivity index (χ0v) is 31.6. The second-order valence-electron chi connectivity index (χ2n) is 14.1. The van der Waals surface area contributed by atoms with Crippen LogP contribution in [0.1, 0.15) is 0 Å². The van der Waals surface area contributed by atoms with Crippen LogP contribution in [0.25, 0.3) is 42.1 Å². The SMILES string of the molecule is c1ccc(N(c2ccc(-c3ccc(N(c4ccccc4)c4ccccc4)c4sc5c6ccccc6ccc5c34)cc2)c2ccc3c(c2)Oc2ccccc2O3)cc1. The molecule has 1 aromatic heterocycles. The first kappa shape index (κ1) is 33.0. The number of hydrogen-bond donors (Lipinski definition) is 0. The Morgan fingerprint density at radius 2 is 0.895 bits per heavy atom. The number of rotatable bonds is 7. The predicted octanol–water partition coefficient (Wildman–Crippen LogP) is 15.7. The van der Waals surface area contributed by atoms with Crippen molar-refractivity contribution in [2.75, 3.05) is 9.80 Å². The molecule has 0 N–H and O–H groups in total. The highest BCUT2D eigenvalue weighted by Crippen LogP contribution is 2.51. The van der Waals surface area contributed by atoms with Crippen molar-refractivity contribution in [3.8, 4) is 34.1 Å². The fourth-order valence-corrected chi connectivity index (χ4v) is 9.43. The monoisotopic (exact) mass is 750 g/mol. The van der Waals surface area contributed by atoms with Crippen LogP contribution in [0.4, 0.5) is 34.1 Å².